The summed E-state index contributed by atoms with van der Waals surface area (Å²) in [6.45, 7) is 6.85. The Morgan fingerprint density at radius 1 is 0.892 bits per heavy atom. The van der Waals surface area contributed by atoms with Crippen molar-refractivity contribution in [3.63, 3.8) is 0 Å². The molecule has 6 nitrogen and oxygen atoms in total. The van der Waals surface area contributed by atoms with Crippen LogP contribution < -0.4 is 0 Å². The monoisotopic (exact) mass is 497 g/mol. The number of fused-ring (bicyclic) bond motifs is 1. The highest BCUT2D eigenvalue weighted by molar-refractivity contribution is 6.01. The Bertz CT molecular complexity index is 1220. The van der Waals surface area contributed by atoms with Gasteiger partial charge in [0.05, 0.1) is 18.6 Å². The Morgan fingerprint density at radius 2 is 1.57 bits per heavy atom. The van der Waals surface area contributed by atoms with E-state index in [1.165, 1.54) is 11.1 Å². The highest BCUT2D eigenvalue weighted by Gasteiger charge is 2.45. The summed E-state index contributed by atoms with van der Waals surface area (Å²) in [5.74, 6) is -0.420. The van der Waals surface area contributed by atoms with Crippen molar-refractivity contribution in [1.82, 2.24) is 14.7 Å². The molecule has 2 atom stereocenters. The summed E-state index contributed by atoms with van der Waals surface area (Å²) < 4.78 is 5.35. The number of amides is 2. The summed E-state index contributed by atoms with van der Waals surface area (Å²) >= 11 is 0. The molecule has 3 aromatic rings. The maximum Gasteiger partial charge on any atom is 0.254 e. The van der Waals surface area contributed by atoms with Crippen LogP contribution >= 0.6 is 0 Å². The number of carbonyl (C=O) groups excluding carboxylic acids is 2. The summed E-state index contributed by atoms with van der Waals surface area (Å²) in [7, 11) is 1.64. The third-order valence-electron chi connectivity index (χ3n) is 7.59. The van der Waals surface area contributed by atoms with E-state index in [2.05, 4.69) is 36.1 Å². The Hall–Kier alpha value is -3.48. The van der Waals surface area contributed by atoms with Crippen LogP contribution in [0.4, 0.5) is 0 Å². The highest BCUT2D eigenvalue weighted by atomic mass is 16.5. The van der Waals surface area contributed by atoms with Gasteiger partial charge in [-0.05, 0) is 29.7 Å². The topological polar surface area (TPSA) is 53.1 Å². The molecule has 2 aliphatic rings. The SMILES string of the molecule is COCCN1C(=O)c2ccccc2[C@@H](C(=O)N2CCN(Cc3ccc(C)cc3)CC2)[C@@H]1c1ccccc1. The number of carbonyl (C=O) groups is 2. The van der Waals surface area contributed by atoms with E-state index in [1.54, 1.807) is 7.11 Å². The van der Waals surface area contributed by atoms with Crippen molar-refractivity contribution in [2.75, 3.05) is 46.4 Å². The molecule has 0 unspecified atom stereocenters. The van der Waals surface area contributed by atoms with Crippen molar-refractivity contribution in [3.05, 3.63) is 107 Å². The number of hydrogen-bond donors (Lipinski definition) is 0. The normalized spacial score (nSPS) is 20.1. The lowest BCUT2D eigenvalue weighted by Crippen LogP contribution is -2.53. The third-order valence-corrected chi connectivity index (χ3v) is 7.59. The van der Waals surface area contributed by atoms with Gasteiger partial charge in [-0.1, -0.05) is 78.4 Å². The smallest absolute Gasteiger partial charge is 0.254 e. The van der Waals surface area contributed by atoms with E-state index >= 15 is 0 Å². The maximum absolute atomic E-state index is 14.3. The average Bonchev–Trinajstić information content (AvgIpc) is 2.94. The van der Waals surface area contributed by atoms with Crippen molar-refractivity contribution in [2.24, 2.45) is 0 Å². The standard InChI is InChI=1S/C31H35N3O3/c1-23-12-14-24(15-13-23)22-32-16-18-33(19-17-32)31(36)28-26-10-6-7-11-27(26)30(35)34(20-21-37-2)29(28)25-8-4-3-5-9-25/h3-15,28-29H,16-22H2,1-2H3/t28-,29+/m1/s1. The molecule has 2 heterocycles. The minimum atomic E-state index is -0.461. The first-order valence-electron chi connectivity index (χ1n) is 13.1. The average molecular weight is 498 g/mol. The highest BCUT2D eigenvalue weighted by Crippen LogP contribution is 2.43. The van der Waals surface area contributed by atoms with Gasteiger partial charge in [-0.25, -0.2) is 0 Å². The molecule has 5 rings (SSSR count). The molecule has 0 saturated carbocycles. The fourth-order valence-corrected chi connectivity index (χ4v) is 5.59. The molecule has 1 saturated heterocycles. The largest absolute Gasteiger partial charge is 0.383 e. The van der Waals surface area contributed by atoms with Gasteiger partial charge in [0, 0.05) is 51.9 Å². The number of rotatable bonds is 7. The van der Waals surface area contributed by atoms with Gasteiger partial charge < -0.3 is 14.5 Å². The van der Waals surface area contributed by atoms with Crippen LogP contribution in [0.3, 0.4) is 0 Å². The molecule has 0 aliphatic carbocycles. The van der Waals surface area contributed by atoms with Gasteiger partial charge in [0.2, 0.25) is 5.91 Å². The Morgan fingerprint density at radius 3 is 2.27 bits per heavy atom. The molecule has 0 spiro atoms. The van der Waals surface area contributed by atoms with Gasteiger partial charge >= 0.3 is 0 Å². The molecule has 0 bridgehead atoms. The molecule has 0 radical (unpaired) electrons. The first-order valence-corrected chi connectivity index (χ1v) is 13.1. The van der Waals surface area contributed by atoms with Crippen LogP contribution in [-0.2, 0) is 16.1 Å². The lowest BCUT2D eigenvalue weighted by atomic mass is 9.78. The minimum Gasteiger partial charge on any atom is -0.383 e. The van der Waals surface area contributed by atoms with Gasteiger partial charge in [-0.3, -0.25) is 14.5 Å². The van der Waals surface area contributed by atoms with E-state index in [0.717, 1.165) is 30.8 Å². The molecule has 2 amide bonds. The summed E-state index contributed by atoms with van der Waals surface area (Å²) in [5.41, 5.74) is 4.96. The van der Waals surface area contributed by atoms with Gasteiger partial charge in [0.1, 0.15) is 0 Å². The van der Waals surface area contributed by atoms with Crippen LogP contribution in [-0.4, -0.2) is 73.0 Å². The zero-order valence-corrected chi connectivity index (χ0v) is 21.7. The molecule has 1 fully saturated rings. The second-order valence-corrected chi connectivity index (χ2v) is 10.00. The van der Waals surface area contributed by atoms with E-state index in [-0.39, 0.29) is 17.9 Å². The van der Waals surface area contributed by atoms with Crippen LogP contribution in [0.5, 0.6) is 0 Å². The first kappa shape index (κ1) is 25.2. The van der Waals surface area contributed by atoms with E-state index in [9.17, 15) is 9.59 Å². The number of benzene rings is 3. The van der Waals surface area contributed by atoms with Crippen LogP contribution in [0.1, 0.15) is 44.6 Å². The molecule has 2 aliphatic heterocycles. The number of aryl methyl sites for hydroxylation is 1. The molecule has 0 aromatic heterocycles. The van der Waals surface area contributed by atoms with Crippen molar-refractivity contribution in [2.45, 2.75) is 25.4 Å². The number of ether oxygens (including phenoxy) is 1. The van der Waals surface area contributed by atoms with Crippen molar-refractivity contribution in [3.8, 4) is 0 Å². The Labute approximate surface area is 219 Å². The number of methoxy groups -OCH3 is 1. The summed E-state index contributed by atoms with van der Waals surface area (Å²) in [4.78, 5) is 34.1. The second kappa shape index (κ2) is 11.3. The van der Waals surface area contributed by atoms with E-state index < -0.39 is 5.92 Å². The number of hydrogen-bond acceptors (Lipinski definition) is 4. The van der Waals surface area contributed by atoms with Gasteiger partial charge in [0.25, 0.3) is 5.91 Å². The Kier molecular flexibility index (Phi) is 7.68. The van der Waals surface area contributed by atoms with Gasteiger partial charge in [-0.2, -0.15) is 0 Å². The molecule has 37 heavy (non-hydrogen) atoms. The zero-order valence-electron chi connectivity index (χ0n) is 21.7. The molecular formula is C31H35N3O3. The third kappa shape index (κ3) is 5.31. The van der Waals surface area contributed by atoms with Crippen molar-refractivity contribution < 1.29 is 14.3 Å². The summed E-state index contributed by atoms with van der Waals surface area (Å²) in [5, 5.41) is 0. The maximum atomic E-state index is 14.3. The molecule has 3 aromatic carbocycles. The van der Waals surface area contributed by atoms with Gasteiger partial charge in [0.15, 0.2) is 0 Å². The second-order valence-electron chi connectivity index (χ2n) is 10.00. The van der Waals surface area contributed by atoms with E-state index in [0.29, 0.717) is 31.8 Å². The zero-order chi connectivity index (χ0) is 25.8. The lowest BCUT2D eigenvalue weighted by molar-refractivity contribution is -0.136. The van der Waals surface area contributed by atoms with Crippen LogP contribution in [0.25, 0.3) is 0 Å². The van der Waals surface area contributed by atoms with E-state index in [4.69, 9.17) is 4.74 Å². The fraction of sp³-hybridized carbons (Fsp3) is 0.355. The minimum absolute atomic E-state index is 0.0477. The predicted octanol–water partition coefficient (Wildman–Crippen LogP) is 4.27. The molecular weight excluding hydrogens is 462 g/mol. The first-order chi connectivity index (χ1) is 18.1. The summed E-state index contributed by atoms with van der Waals surface area (Å²) in [6, 6.07) is 25.8. The van der Waals surface area contributed by atoms with Crippen molar-refractivity contribution >= 4 is 11.8 Å². The summed E-state index contributed by atoms with van der Waals surface area (Å²) in [6.07, 6.45) is 0. The van der Waals surface area contributed by atoms with Gasteiger partial charge in [-0.15, -0.1) is 0 Å². The quantitative estimate of drug-likeness (QED) is 0.489. The fourth-order valence-electron chi connectivity index (χ4n) is 5.59. The van der Waals surface area contributed by atoms with Crippen LogP contribution in [0.2, 0.25) is 0 Å². The molecule has 192 valence electrons. The van der Waals surface area contributed by atoms with E-state index in [1.807, 2.05) is 64.4 Å². The lowest BCUT2D eigenvalue weighted by Gasteiger charge is -2.44. The van der Waals surface area contributed by atoms with Crippen molar-refractivity contribution in [1.29, 1.82) is 0 Å². The predicted molar refractivity (Wildman–Crippen MR) is 144 cm³/mol. The molecule has 0 N–H and O–H groups in total. The Balaban J connectivity index is 1.41. The van der Waals surface area contributed by atoms with Crippen LogP contribution in [0, 0.1) is 6.92 Å². The molecule has 6 heteroatoms. The number of nitrogens with zero attached hydrogens (tertiary/aromatic N) is 3. The van der Waals surface area contributed by atoms with Crippen LogP contribution in [0.15, 0.2) is 78.9 Å². The number of piperazine rings is 1.